The van der Waals surface area contributed by atoms with Gasteiger partial charge in [-0.15, -0.1) is 0 Å². The number of fused-ring (bicyclic) bond motifs is 1. The summed E-state index contributed by atoms with van der Waals surface area (Å²) in [6.07, 6.45) is 0.259. The Hall–Kier alpha value is -3.06. The van der Waals surface area contributed by atoms with Gasteiger partial charge in [0.2, 0.25) is 11.8 Å². The van der Waals surface area contributed by atoms with Gasteiger partial charge in [0, 0.05) is 32.4 Å². The number of anilines is 2. The Labute approximate surface area is 176 Å². The fourth-order valence-corrected chi connectivity index (χ4v) is 3.74. The molecule has 0 spiro atoms. The minimum Gasteiger partial charge on any atom is -0.491 e. The SMILES string of the molecule is CN(Cc1ccc(N2CCOCC2)cc1)C(=O)CN1C(=O)CCOc2ccccc21. The van der Waals surface area contributed by atoms with E-state index in [1.165, 1.54) is 10.6 Å². The molecule has 2 aromatic rings. The number of carbonyl (C=O) groups is 2. The van der Waals surface area contributed by atoms with Gasteiger partial charge in [-0.05, 0) is 29.8 Å². The lowest BCUT2D eigenvalue weighted by atomic mass is 10.1. The number of ether oxygens (including phenoxy) is 2. The maximum absolute atomic E-state index is 12.9. The second-order valence-electron chi connectivity index (χ2n) is 7.56. The first-order valence-corrected chi connectivity index (χ1v) is 10.3. The molecule has 0 unspecified atom stereocenters. The highest BCUT2D eigenvalue weighted by Gasteiger charge is 2.26. The van der Waals surface area contributed by atoms with E-state index in [9.17, 15) is 9.59 Å². The Morgan fingerprint density at radius 1 is 1.03 bits per heavy atom. The first-order chi connectivity index (χ1) is 14.6. The summed E-state index contributed by atoms with van der Waals surface area (Å²) in [5.74, 6) is 0.423. The number of morpholine rings is 1. The Balaban J connectivity index is 1.39. The molecular weight excluding hydrogens is 382 g/mol. The maximum atomic E-state index is 12.9. The van der Waals surface area contributed by atoms with Gasteiger partial charge in [-0.2, -0.15) is 0 Å². The number of amides is 2. The fraction of sp³-hybridized carbons (Fsp3) is 0.391. The molecule has 0 bridgehead atoms. The second-order valence-corrected chi connectivity index (χ2v) is 7.56. The summed E-state index contributed by atoms with van der Waals surface area (Å²) >= 11 is 0. The van der Waals surface area contributed by atoms with Crippen LogP contribution in [0.3, 0.4) is 0 Å². The molecule has 0 aliphatic carbocycles. The van der Waals surface area contributed by atoms with Gasteiger partial charge in [0.15, 0.2) is 0 Å². The summed E-state index contributed by atoms with van der Waals surface area (Å²) in [6, 6.07) is 15.6. The van der Waals surface area contributed by atoms with Crippen molar-refractivity contribution >= 4 is 23.2 Å². The molecule has 0 aromatic heterocycles. The average molecular weight is 409 g/mol. The van der Waals surface area contributed by atoms with Gasteiger partial charge >= 0.3 is 0 Å². The highest BCUT2D eigenvalue weighted by molar-refractivity contribution is 6.00. The van der Waals surface area contributed by atoms with Crippen LogP contribution in [0.5, 0.6) is 5.75 Å². The second kappa shape index (κ2) is 9.17. The number of nitrogens with zero attached hydrogens (tertiary/aromatic N) is 3. The minimum atomic E-state index is -0.114. The zero-order valence-electron chi connectivity index (χ0n) is 17.3. The largest absolute Gasteiger partial charge is 0.491 e. The molecule has 158 valence electrons. The van der Waals surface area contributed by atoms with Gasteiger partial charge in [-0.3, -0.25) is 14.5 Å². The van der Waals surface area contributed by atoms with Gasteiger partial charge in [-0.1, -0.05) is 24.3 Å². The van der Waals surface area contributed by atoms with Crippen LogP contribution in [-0.2, 0) is 20.9 Å². The number of likely N-dealkylation sites (N-methyl/N-ethyl adjacent to an activating group) is 1. The van der Waals surface area contributed by atoms with Crippen LogP contribution >= 0.6 is 0 Å². The summed E-state index contributed by atoms with van der Waals surface area (Å²) in [6.45, 7) is 4.11. The highest BCUT2D eigenvalue weighted by atomic mass is 16.5. The topological polar surface area (TPSA) is 62.3 Å². The lowest BCUT2D eigenvalue weighted by molar-refractivity contribution is -0.130. The van der Waals surface area contributed by atoms with Crippen LogP contribution in [0.25, 0.3) is 0 Å². The van der Waals surface area contributed by atoms with Crippen molar-refractivity contribution in [2.75, 3.05) is 56.3 Å². The van der Waals surface area contributed by atoms with E-state index < -0.39 is 0 Å². The van der Waals surface area contributed by atoms with E-state index in [1.807, 2.05) is 24.3 Å². The van der Waals surface area contributed by atoms with Gasteiger partial charge in [-0.25, -0.2) is 0 Å². The molecule has 2 heterocycles. The van der Waals surface area contributed by atoms with E-state index in [0.29, 0.717) is 24.6 Å². The number of carbonyl (C=O) groups excluding carboxylic acids is 2. The lowest BCUT2D eigenvalue weighted by Crippen LogP contribution is -2.41. The normalized spacial score (nSPS) is 16.5. The molecule has 4 rings (SSSR count). The third kappa shape index (κ3) is 4.57. The highest BCUT2D eigenvalue weighted by Crippen LogP contribution is 2.31. The molecule has 7 nitrogen and oxygen atoms in total. The Morgan fingerprint density at radius 2 is 1.77 bits per heavy atom. The van der Waals surface area contributed by atoms with Crippen LogP contribution in [0, 0.1) is 0 Å². The zero-order valence-corrected chi connectivity index (χ0v) is 17.3. The molecular formula is C23H27N3O4. The number of rotatable bonds is 5. The Kier molecular flexibility index (Phi) is 6.18. The smallest absolute Gasteiger partial charge is 0.242 e. The molecule has 2 amide bonds. The minimum absolute atomic E-state index is 0.00156. The van der Waals surface area contributed by atoms with Gasteiger partial charge in [0.1, 0.15) is 12.3 Å². The summed E-state index contributed by atoms with van der Waals surface area (Å²) in [4.78, 5) is 30.9. The first-order valence-electron chi connectivity index (χ1n) is 10.3. The Bertz CT molecular complexity index is 894. The van der Waals surface area contributed by atoms with Crippen LogP contribution in [0.1, 0.15) is 12.0 Å². The van der Waals surface area contributed by atoms with E-state index in [4.69, 9.17) is 9.47 Å². The van der Waals surface area contributed by atoms with E-state index in [1.54, 1.807) is 11.9 Å². The molecule has 2 aromatic carbocycles. The molecule has 0 saturated carbocycles. The molecule has 2 aliphatic rings. The fourth-order valence-electron chi connectivity index (χ4n) is 3.74. The molecule has 0 N–H and O–H groups in total. The van der Waals surface area contributed by atoms with Gasteiger partial charge in [0.25, 0.3) is 0 Å². The molecule has 0 radical (unpaired) electrons. The van der Waals surface area contributed by atoms with Gasteiger partial charge in [0.05, 0.1) is 31.9 Å². The third-order valence-electron chi connectivity index (χ3n) is 5.48. The van der Waals surface area contributed by atoms with E-state index in [2.05, 4.69) is 29.2 Å². The predicted octanol–water partition coefficient (Wildman–Crippen LogP) is 2.30. The molecule has 1 fully saturated rings. The van der Waals surface area contributed by atoms with E-state index >= 15 is 0 Å². The molecule has 30 heavy (non-hydrogen) atoms. The van der Waals surface area contributed by atoms with Crippen LogP contribution in [0.2, 0.25) is 0 Å². The van der Waals surface area contributed by atoms with Crippen LogP contribution in [0.4, 0.5) is 11.4 Å². The maximum Gasteiger partial charge on any atom is 0.242 e. The van der Waals surface area contributed by atoms with Crippen molar-refractivity contribution in [3.63, 3.8) is 0 Å². The number of para-hydroxylation sites is 2. The van der Waals surface area contributed by atoms with Crippen molar-refractivity contribution < 1.29 is 19.1 Å². The predicted molar refractivity (Wildman–Crippen MR) is 115 cm³/mol. The molecule has 0 atom stereocenters. The zero-order chi connectivity index (χ0) is 20.9. The number of hydrogen-bond donors (Lipinski definition) is 0. The summed E-state index contributed by atoms with van der Waals surface area (Å²) in [5, 5.41) is 0. The number of hydrogen-bond acceptors (Lipinski definition) is 5. The molecule has 1 saturated heterocycles. The van der Waals surface area contributed by atoms with Crippen molar-refractivity contribution in [3.05, 3.63) is 54.1 Å². The summed E-state index contributed by atoms with van der Waals surface area (Å²) in [7, 11) is 1.77. The van der Waals surface area contributed by atoms with E-state index in [-0.39, 0.29) is 24.8 Å². The quantitative estimate of drug-likeness (QED) is 0.758. The lowest BCUT2D eigenvalue weighted by Gasteiger charge is -2.29. The van der Waals surface area contributed by atoms with Crippen molar-refractivity contribution in [1.82, 2.24) is 4.90 Å². The average Bonchev–Trinajstić information content (AvgIpc) is 2.93. The summed E-state index contributed by atoms with van der Waals surface area (Å²) < 4.78 is 11.1. The third-order valence-corrected chi connectivity index (χ3v) is 5.48. The molecule has 7 heteroatoms. The first kappa shape index (κ1) is 20.2. The van der Waals surface area contributed by atoms with Crippen molar-refractivity contribution in [2.45, 2.75) is 13.0 Å². The standard InChI is InChI=1S/C23H27N3O4/c1-24(16-18-6-8-19(9-7-18)25-11-14-29-15-12-25)23(28)17-26-20-4-2-3-5-21(20)30-13-10-22(26)27/h2-9H,10-17H2,1H3. The summed E-state index contributed by atoms with van der Waals surface area (Å²) in [5.41, 5.74) is 2.87. The van der Waals surface area contributed by atoms with Crippen molar-refractivity contribution in [3.8, 4) is 5.75 Å². The Morgan fingerprint density at radius 3 is 2.53 bits per heavy atom. The monoisotopic (exact) mass is 409 g/mol. The number of benzene rings is 2. The van der Waals surface area contributed by atoms with Gasteiger partial charge < -0.3 is 19.3 Å². The van der Waals surface area contributed by atoms with Crippen molar-refractivity contribution in [2.24, 2.45) is 0 Å². The van der Waals surface area contributed by atoms with E-state index in [0.717, 1.165) is 31.9 Å². The van der Waals surface area contributed by atoms with Crippen LogP contribution in [0.15, 0.2) is 48.5 Å². The van der Waals surface area contributed by atoms with Crippen LogP contribution < -0.4 is 14.5 Å². The van der Waals surface area contributed by atoms with Crippen molar-refractivity contribution in [1.29, 1.82) is 0 Å². The molecule has 2 aliphatic heterocycles. The van der Waals surface area contributed by atoms with Crippen LogP contribution in [-0.4, -0.2) is 63.2 Å².